The number of nitrogens with zero attached hydrogens (tertiary/aromatic N) is 4. The molecule has 0 atom stereocenters. The highest BCUT2D eigenvalue weighted by Crippen LogP contribution is 2.48. The first kappa shape index (κ1) is 40.7. The normalized spacial score (nSPS) is 11.4. The molecule has 4 heteroatoms. The van der Waals surface area contributed by atoms with Crippen LogP contribution in [0.3, 0.4) is 0 Å². The second-order valence-electron chi connectivity index (χ2n) is 17.8. The largest absolute Gasteiger partial charge is 0.208 e. The minimum absolute atomic E-state index is 0.603. The minimum atomic E-state index is 0.603. The molecule has 70 heavy (non-hydrogen) atoms. The van der Waals surface area contributed by atoms with Crippen molar-refractivity contribution < 1.29 is 0 Å². The molecule has 13 rings (SSSR count). The van der Waals surface area contributed by atoms with Crippen LogP contribution < -0.4 is 0 Å². The summed E-state index contributed by atoms with van der Waals surface area (Å²) in [5, 5.41) is 15.4. The summed E-state index contributed by atoms with van der Waals surface area (Å²) in [6.07, 6.45) is 0. The van der Waals surface area contributed by atoms with Gasteiger partial charge in [-0.05, 0) is 112 Å². The van der Waals surface area contributed by atoms with Crippen molar-refractivity contribution in [1.82, 2.24) is 15.0 Å². The van der Waals surface area contributed by atoms with Crippen LogP contribution in [0.5, 0.6) is 0 Å². The average Bonchev–Trinajstić information content (AvgIpc) is 3.77. The van der Waals surface area contributed by atoms with Gasteiger partial charge in [-0.1, -0.05) is 231 Å². The Labute approximate surface area is 406 Å². The summed E-state index contributed by atoms with van der Waals surface area (Å²) >= 11 is 0. The van der Waals surface area contributed by atoms with E-state index in [2.05, 4.69) is 206 Å². The Balaban J connectivity index is 0.762. The van der Waals surface area contributed by atoms with Crippen molar-refractivity contribution in [2.24, 2.45) is 0 Å². The lowest BCUT2D eigenvalue weighted by atomic mass is 9.93. The van der Waals surface area contributed by atoms with Crippen LogP contribution in [0.15, 0.2) is 243 Å². The maximum absolute atomic E-state index is 10.4. The maximum atomic E-state index is 10.4. The second kappa shape index (κ2) is 16.9. The topological polar surface area (TPSA) is 62.5 Å². The molecule has 0 fully saturated rings. The van der Waals surface area contributed by atoms with Gasteiger partial charge in [0.05, 0.1) is 11.6 Å². The molecule has 1 aromatic heterocycles. The predicted molar refractivity (Wildman–Crippen MR) is 287 cm³/mol. The molecule has 0 saturated carbocycles. The van der Waals surface area contributed by atoms with Crippen molar-refractivity contribution in [3.63, 3.8) is 0 Å². The molecule has 0 saturated heterocycles. The molecule has 0 unspecified atom stereocenters. The fourth-order valence-corrected chi connectivity index (χ4v) is 10.3. The maximum Gasteiger partial charge on any atom is 0.164 e. The van der Waals surface area contributed by atoms with Crippen LogP contribution in [-0.2, 0) is 0 Å². The lowest BCUT2D eigenvalue weighted by molar-refractivity contribution is 1.07. The average molecular weight is 889 g/mol. The molecule has 324 valence electrons. The van der Waals surface area contributed by atoms with Gasteiger partial charge in [-0.25, -0.2) is 15.0 Å². The smallest absolute Gasteiger partial charge is 0.164 e. The van der Waals surface area contributed by atoms with E-state index < -0.39 is 0 Å². The van der Waals surface area contributed by atoms with Gasteiger partial charge < -0.3 is 0 Å². The molecule has 12 aromatic rings. The summed E-state index contributed by atoms with van der Waals surface area (Å²) in [5.41, 5.74) is 19.2. The Morgan fingerprint density at radius 3 is 1.36 bits per heavy atom. The first-order valence-corrected chi connectivity index (χ1v) is 23.6. The van der Waals surface area contributed by atoms with Crippen molar-refractivity contribution in [1.29, 1.82) is 5.26 Å². The number of aromatic nitrogens is 3. The van der Waals surface area contributed by atoms with Gasteiger partial charge in [0, 0.05) is 16.7 Å². The van der Waals surface area contributed by atoms with Gasteiger partial charge in [0.2, 0.25) is 0 Å². The quantitative estimate of drug-likeness (QED) is 0.152. The molecule has 1 aliphatic carbocycles. The molecule has 11 aromatic carbocycles. The zero-order valence-electron chi connectivity index (χ0n) is 37.9. The third-order valence-corrected chi connectivity index (χ3v) is 13.8. The monoisotopic (exact) mass is 888 g/mol. The lowest BCUT2D eigenvalue weighted by Gasteiger charge is -2.14. The molecule has 0 radical (unpaired) electrons. The van der Waals surface area contributed by atoms with Crippen molar-refractivity contribution >= 4 is 21.5 Å². The van der Waals surface area contributed by atoms with Gasteiger partial charge in [-0.3, -0.25) is 0 Å². The molecule has 0 N–H and O–H groups in total. The van der Waals surface area contributed by atoms with Crippen molar-refractivity contribution in [2.75, 3.05) is 0 Å². The molecular weight excluding hydrogens is 849 g/mol. The van der Waals surface area contributed by atoms with Crippen LogP contribution >= 0.6 is 0 Å². The molecule has 4 nitrogen and oxygen atoms in total. The van der Waals surface area contributed by atoms with Crippen LogP contribution in [0.1, 0.15) is 5.56 Å². The lowest BCUT2D eigenvalue weighted by Crippen LogP contribution is -2.01. The summed E-state index contributed by atoms with van der Waals surface area (Å²) in [4.78, 5) is 15.3. The Morgan fingerprint density at radius 1 is 0.257 bits per heavy atom. The molecule has 0 spiro atoms. The highest BCUT2D eigenvalue weighted by molar-refractivity contribution is 6.15. The zero-order chi connectivity index (χ0) is 46.5. The standard InChI is InChI=1S/C66H40N4/c67-41-53-39-51(44-23-25-45(26-24-44)52-36-38-58-59-21-9-15-48-16-10-22-60(63(48)59)62(58)40-52)35-37-54(53)47-31-27-42(28-32-47)43-29-33-50(34-30-43)65-68-64(49-12-2-1-3-13-49)69-66(70-65)61-19-7-6-18-57(61)56-20-8-14-46-11-4-5-17-55(46)56/h1-40H. The highest BCUT2D eigenvalue weighted by Gasteiger charge is 2.22. The summed E-state index contributed by atoms with van der Waals surface area (Å²) in [5.74, 6) is 1.84. The van der Waals surface area contributed by atoms with Crippen molar-refractivity contribution in [2.45, 2.75) is 0 Å². The summed E-state index contributed by atoms with van der Waals surface area (Å²) < 4.78 is 0. The number of fused-ring (bicyclic) bond motifs is 4. The SMILES string of the molecule is N#Cc1cc(-c2ccc(-c3ccc4c(c3)-c3cccc5cccc-4c35)cc2)ccc1-c1ccc(-c2ccc(-c3nc(-c4ccccc4)nc(-c4ccccc4-c4cccc5ccccc45)n3)cc2)cc1. The Morgan fingerprint density at radius 2 is 0.686 bits per heavy atom. The Bertz CT molecular complexity index is 4030. The Kier molecular flexibility index (Phi) is 9.85. The number of hydrogen-bond donors (Lipinski definition) is 0. The molecule has 0 aliphatic heterocycles. The van der Waals surface area contributed by atoms with E-state index in [1.165, 1.54) is 49.4 Å². The number of nitriles is 1. The fraction of sp³-hybridized carbons (Fsp3) is 0. The first-order chi connectivity index (χ1) is 34.6. The third kappa shape index (κ3) is 7.13. The van der Waals surface area contributed by atoms with Gasteiger partial charge in [-0.2, -0.15) is 5.26 Å². The summed E-state index contributed by atoms with van der Waals surface area (Å²) in [6.45, 7) is 0. The molecular formula is C66H40N4. The van der Waals surface area contributed by atoms with Crippen LogP contribution in [0, 0.1) is 11.3 Å². The van der Waals surface area contributed by atoms with E-state index in [9.17, 15) is 5.26 Å². The van der Waals surface area contributed by atoms with E-state index in [0.717, 1.165) is 66.8 Å². The van der Waals surface area contributed by atoms with E-state index >= 15 is 0 Å². The van der Waals surface area contributed by atoms with E-state index in [-0.39, 0.29) is 0 Å². The minimum Gasteiger partial charge on any atom is -0.208 e. The second-order valence-corrected chi connectivity index (χ2v) is 17.8. The fourth-order valence-electron chi connectivity index (χ4n) is 10.3. The van der Waals surface area contributed by atoms with Gasteiger partial charge in [-0.15, -0.1) is 0 Å². The van der Waals surface area contributed by atoms with Gasteiger partial charge in [0.15, 0.2) is 17.5 Å². The van der Waals surface area contributed by atoms with E-state index in [1.807, 2.05) is 42.5 Å². The van der Waals surface area contributed by atoms with Crippen LogP contribution in [-0.4, -0.2) is 15.0 Å². The summed E-state index contributed by atoms with van der Waals surface area (Å²) in [7, 11) is 0. The zero-order valence-corrected chi connectivity index (χ0v) is 37.9. The highest BCUT2D eigenvalue weighted by atomic mass is 15.0. The van der Waals surface area contributed by atoms with Crippen LogP contribution in [0.2, 0.25) is 0 Å². The van der Waals surface area contributed by atoms with E-state index in [0.29, 0.717) is 23.0 Å². The number of benzene rings is 11. The first-order valence-electron chi connectivity index (χ1n) is 23.6. The predicted octanol–water partition coefficient (Wildman–Crippen LogP) is 17.0. The molecule has 1 aliphatic rings. The number of rotatable bonds is 8. The van der Waals surface area contributed by atoms with Gasteiger partial charge in [0.25, 0.3) is 0 Å². The van der Waals surface area contributed by atoms with E-state index in [1.54, 1.807) is 0 Å². The van der Waals surface area contributed by atoms with Gasteiger partial charge in [0.1, 0.15) is 0 Å². The van der Waals surface area contributed by atoms with Crippen LogP contribution in [0.25, 0.3) is 134 Å². The van der Waals surface area contributed by atoms with Crippen molar-refractivity contribution in [3.05, 3.63) is 248 Å². The molecule has 1 heterocycles. The molecule has 0 amide bonds. The van der Waals surface area contributed by atoms with Gasteiger partial charge >= 0.3 is 0 Å². The molecule has 0 bridgehead atoms. The Hall–Kier alpha value is -9.56. The summed E-state index contributed by atoms with van der Waals surface area (Å²) in [6, 6.07) is 87.5. The third-order valence-electron chi connectivity index (χ3n) is 13.8. The van der Waals surface area contributed by atoms with E-state index in [4.69, 9.17) is 15.0 Å². The number of hydrogen-bond acceptors (Lipinski definition) is 4. The van der Waals surface area contributed by atoms with Crippen molar-refractivity contribution in [3.8, 4) is 118 Å². The van der Waals surface area contributed by atoms with Crippen LogP contribution in [0.4, 0.5) is 0 Å².